The number of pyridine rings is 1. The molecule has 1 aromatic carbocycles. The summed E-state index contributed by atoms with van der Waals surface area (Å²) >= 11 is 0. The van der Waals surface area contributed by atoms with Crippen molar-refractivity contribution in [2.45, 2.75) is 6.36 Å². The number of hydrogen-bond donors (Lipinski definition) is 0. The van der Waals surface area contributed by atoms with E-state index in [1.807, 2.05) is 0 Å². The van der Waals surface area contributed by atoms with E-state index in [4.69, 9.17) is 0 Å². The molecule has 0 bridgehead atoms. The van der Waals surface area contributed by atoms with Crippen LogP contribution in [-0.2, 0) is 0 Å². The highest BCUT2D eigenvalue weighted by molar-refractivity contribution is 5.63. The van der Waals surface area contributed by atoms with E-state index < -0.39 is 12.2 Å². The number of hydrogen-bond acceptors (Lipinski definition) is 2. The first-order valence-electron chi connectivity index (χ1n) is 5.92. The van der Waals surface area contributed by atoms with Gasteiger partial charge in [0.15, 0.2) is 11.5 Å². The number of alkyl halides is 3. The van der Waals surface area contributed by atoms with Crippen molar-refractivity contribution in [1.82, 2.24) is 9.38 Å². The van der Waals surface area contributed by atoms with Crippen molar-refractivity contribution in [3.63, 3.8) is 0 Å². The Bertz CT molecular complexity index is 778. The summed E-state index contributed by atoms with van der Waals surface area (Å²) in [5.41, 5.74) is 1.18. The smallest absolute Gasteiger partial charge is 0.406 e. The number of fused-ring (bicyclic) bond motifs is 1. The molecule has 0 atom stereocenters. The van der Waals surface area contributed by atoms with Crippen LogP contribution >= 0.6 is 0 Å². The molecule has 0 spiro atoms. The Balaban J connectivity index is 1.94. The van der Waals surface area contributed by atoms with Crippen molar-refractivity contribution >= 4 is 5.65 Å². The standard InChI is InChI=1S/C14H8F4N2O/c15-11-2-1-7-20-8-12(19-13(11)20)9-3-5-10(6-4-9)21-14(16,17)18/h1-8H. The fourth-order valence-electron chi connectivity index (χ4n) is 1.95. The van der Waals surface area contributed by atoms with Crippen molar-refractivity contribution in [3.8, 4) is 17.0 Å². The molecule has 21 heavy (non-hydrogen) atoms. The first-order chi connectivity index (χ1) is 9.92. The second-order valence-corrected chi connectivity index (χ2v) is 4.29. The maximum absolute atomic E-state index is 13.5. The summed E-state index contributed by atoms with van der Waals surface area (Å²) in [6.07, 6.45) is -1.50. The molecule has 108 valence electrons. The topological polar surface area (TPSA) is 26.5 Å². The fourth-order valence-corrected chi connectivity index (χ4v) is 1.95. The molecule has 0 N–H and O–H groups in total. The third kappa shape index (κ3) is 2.81. The van der Waals surface area contributed by atoms with Crippen molar-refractivity contribution in [2.24, 2.45) is 0 Å². The second kappa shape index (κ2) is 4.76. The fraction of sp³-hybridized carbons (Fsp3) is 0.0714. The van der Waals surface area contributed by atoms with Crippen LogP contribution in [-0.4, -0.2) is 15.7 Å². The number of nitrogens with zero attached hydrogens (tertiary/aromatic N) is 2. The quantitative estimate of drug-likeness (QED) is 0.667. The number of ether oxygens (including phenoxy) is 1. The van der Waals surface area contributed by atoms with Gasteiger partial charge < -0.3 is 9.14 Å². The van der Waals surface area contributed by atoms with E-state index >= 15 is 0 Å². The summed E-state index contributed by atoms with van der Waals surface area (Å²) in [5, 5.41) is 0. The molecule has 0 fully saturated rings. The predicted molar refractivity (Wildman–Crippen MR) is 67.3 cm³/mol. The number of imidazole rings is 1. The van der Waals surface area contributed by atoms with Crippen LogP contribution in [0.3, 0.4) is 0 Å². The molecule has 0 saturated carbocycles. The van der Waals surface area contributed by atoms with Crippen LogP contribution < -0.4 is 4.74 Å². The lowest BCUT2D eigenvalue weighted by atomic mass is 10.2. The van der Waals surface area contributed by atoms with Gasteiger partial charge in [-0.15, -0.1) is 13.2 Å². The van der Waals surface area contributed by atoms with Gasteiger partial charge in [0.25, 0.3) is 0 Å². The van der Waals surface area contributed by atoms with Crippen LogP contribution in [0.1, 0.15) is 0 Å². The predicted octanol–water partition coefficient (Wildman–Crippen LogP) is 4.04. The van der Waals surface area contributed by atoms with Gasteiger partial charge >= 0.3 is 6.36 Å². The van der Waals surface area contributed by atoms with E-state index in [-0.39, 0.29) is 11.4 Å². The van der Waals surface area contributed by atoms with E-state index in [9.17, 15) is 17.6 Å². The lowest BCUT2D eigenvalue weighted by Gasteiger charge is -2.08. The van der Waals surface area contributed by atoms with Gasteiger partial charge in [0.05, 0.1) is 5.69 Å². The molecule has 0 unspecified atom stereocenters. The van der Waals surface area contributed by atoms with Crippen molar-refractivity contribution in [1.29, 1.82) is 0 Å². The van der Waals surface area contributed by atoms with Gasteiger partial charge in [0.2, 0.25) is 0 Å². The molecule has 3 aromatic rings. The minimum absolute atomic E-state index is 0.156. The molecule has 2 heterocycles. The summed E-state index contributed by atoms with van der Waals surface area (Å²) in [4.78, 5) is 4.11. The first kappa shape index (κ1) is 13.4. The Morgan fingerprint density at radius 1 is 1.05 bits per heavy atom. The molecule has 0 aliphatic heterocycles. The summed E-state index contributed by atoms with van der Waals surface area (Å²) in [6, 6.07) is 8.05. The monoisotopic (exact) mass is 296 g/mol. The Morgan fingerprint density at radius 2 is 1.76 bits per heavy atom. The molecule has 0 aliphatic carbocycles. The number of benzene rings is 1. The minimum Gasteiger partial charge on any atom is -0.406 e. The van der Waals surface area contributed by atoms with Gasteiger partial charge in [-0.3, -0.25) is 0 Å². The normalized spacial score (nSPS) is 11.8. The zero-order valence-electron chi connectivity index (χ0n) is 10.4. The van der Waals surface area contributed by atoms with Crippen molar-refractivity contribution in [2.75, 3.05) is 0 Å². The van der Waals surface area contributed by atoms with E-state index in [1.165, 1.54) is 40.8 Å². The van der Waals surface area contributed by atoms with Gasteiger partial charge in [0.1, 0.15) is 5.75 Å². The molecule has 3 nitrogen and oxygen atoms in total. The van der Waals surface area contributed by atoms with Gasteiger partial charge in [-0.05, 0) is 36.4 Å². The van der Waals surface area contributed by atoms with Crippen LogP contribution in [0.2, 0.25) is 0 Å². The maximum atomic E-state index is 13.5. The molecule has 0 aliphatic rings. The van der Waals surface area contributed by atoms with E-state index in [0.717, 1.165) is 0 Å². The molecular weight excluding hydrogens is 288 g/mol. The van der Waals surface area contributed by atoms with Crippen LogP contribution in [0.15, 0.2) is 48.8 Å². The summed E-state index contributed by atoms with van der Waals surface area (Å²) in [7, 11) is 0. The SMILES string of the molecule is Fc1cccn2cc(-c3ccc(OC(F)(F)F)cc3)nc12. The van der Waals surface area contributed by atoms with Crippen LogP contribution in [0, 0.1) is 5.82 Å². The van der Waals surface area contributed by atoms with E-state index in [2.05, 4.69) is 9.72 Å². The number of aromatic nitrogens is 2. The lowest BCUT2D eigenvalue weighted by Crippen LogP contribution is -2.16. The summed E-state index contributed by atoms with van der Waals surface area (Å²) < 4.78 is 55.0. The third-order valence-corrected chi connectivity index (χ3v) is 2.82. The number of halogens is 4. The van der Waals surface area contributed by atoms with Gasteiger partial charge in [-0.1, -0.05) is 0 Å². The first-order valence-corrected chi connectivity index (χ1v) is 5.92. The average Bonchev–Trinajstić information content (AvgIpc) is 2.83. The van der Waals surface area contributed by atoms with Crippen molar-refractivity contribution in [3.05, 3.63) is 54.6 Å². The molecule has 7 heteroatoms. The lowest BCUT2D eigenvalue weighted by molar-refractivity contribution is -0.274. The molecular formula is C14H8F4N2O. The van der Waals surface area contributed by atoms with Crippen molar-refractivity contribution < 1.29 is 22.3 Å². The Kier molecular flexibility index (Phi) is 3.04. The van der Waals surface area contributed by atoms with Crippen LogP contribution in [0.5, 0.6) is 5.75 Å². The highest BCUT2D eigenvalue weighted by Crippen LogP contribution is 2.26. The van der Waals surface area contributed by atoms with Crippen LogP contribution in [0.25, 0.3) is 16.9 Å². The largest absolute Gasteiger partial charge is 0.573 e. The molecule has 3 rings (SSSR count). The zero-order chi connectivity index (χ0) is 15.0. The second-order valence-electron chi connectivity index (χ2n) is 4.29. The van der Waals surface area contributed by atoms with E-state index in [1.54, 1.807) is 12.4 Å². The molecule has 0 amide bonds. The van der Waals surface area contributed by atoms with Gasteiger partial charge in [-0.25, -0.2) is 9.37 Å². The minimum atomic E-state index is -4.73. The Labute approximate surface area is 116 Å². The Morgan fingerprint density at radius 3 is 2.38 bits per heavy atom. The third-order valence-electron chi connectivity index (χ3n) is 2.82. The molecule has 0 saturated heterocycles. The summed E-state index contributed by atoms with van der Waals surface area (Å²) in [6.45, 7) is 0. The molecule has 0 radical (unpaired) electrons. The van der Waals surface area contributed by atoms with E-state index in [0.29, 0.717) is 11.3 Å². The molecule has 2 aromatic heterocycles. The highest BCUT2D eigenvalue weighted by Gasteiger charge is 2.30. The summed E-state index contributed by atoms with van der Waals surface area (Å²) in [5.74, 6) is -0.790. The average molecular weight is 296 g/mol. The van der Waals surface area contributed by atoms with Gasteiger partial charge in [-0.2, -0.15) is 0 Å². The Hall–Kier alpha value is -2.57. The zero-order valence-corrected chi connectivity index (χ0v) is 10.4. The van der Waals surface area contributed by atoms with Gasteiger partial charge in [0, 0.05) is 18.0 Å². The number of rotatable bonds is 2. The maximum Gasteiger partial charge on any atom is 0.573 e. The van der Waals surface area contributed by atoms with Crippen LogP contribution in [0.4, 0.5) is 17.6 Å². The highest BCUT2D eigenvalue weighted by atomic mass is 19.4.